The zero-order valence-electron chi connectivity index (χ0n) is 13.6. The van der Waals surface area contributed by atoms with E-state index in [1.807, 2.05) is 31.2 Å². The molecule has 116 valence electrons. The van der Waals surface area contributed by atoms with Crippen LogP contribution in [0.5, 0.6) is 0 Å². The molecule has 0 aromatic heterocycles. The number of carbonyl (C=O) groups is 2. The molecule has 2 amide bonds. The summed E-state index contributed by atoms with van der Waals surface area (Å²) in [5, 5.41) is 1.73. The van der Waals surface area contributed by atoms with Crippen molar-refractivity contribution in [3.05, 3.63) is 47.5 Å². The molecule has 0 radical (unpaired) electrons. The van der Waals surface area contributed by atoms with Gasteiger partial charge in [0.25, 0.3) is 11.8 Å². The summed E-state index contributed by atoms with van der Waals surface area (Å²) in [5.74, 6) is -0.386. The number of rotatable bonds is 2. The van der Waals surface area contributed by atoms with Crippen molar-refractivity contribution in [1.82, 2.24) is 9.80 Å². The monoisotopic (exact) mass is 298 g/mol. The Morgan fingerprint density at radius 1 is 0.909 bits per heavy atom. The normalized spacial score (nSPS) is 13.4. The zero-order chi connectivity index (χ0) is 16.3. The van der Waals surface area contributed by atoms with Crippen LogP contribution in [0.1, 0.15) is 34.6 Å². The highest BCUT2D eigenvalue weighted by Gasteiger charge is 2.31. The molecule has 2 aromatic carbocycles. The first-order valence-corrected chi connectivity index (χ1v) is 7.53. The molecule has 3 rings (SSSR count). The third-order valence-electron chi connectivity index (χ3n) is 3.80. The average Bonchev–Trinajstić information content (AvgIpc) is 2.53. The second-order valence-electron chi connectivity index (χ2n) is 5.46. The third kappa shape index (κ3) is 2.88. The summed E-state index contributed by atoms with van der Waals surface area (Å²) in [6, 6.07) is 11.1. The van der Waals surface area contributed by atoms with Crippen LogP contribution in [-0.2, 0) is 0 Å². The van der Waals surface area contributed by atoms with Gasteiger partial charge in [-0.3, -0.25) is 14.5 Å². The Morgan fingerprint density at radius 2 is 1.36 bits per heavy atom. The highest BCUT2D eigenvalue weighted by molar-refractivity contribution is 6.25. The lowest BCUT2D eigenvalue weighted by Crippen LogP contribution is -2.39. The van der Waals surface area contributed by atoms with Gasteiger partial charge < -0.3 is 4.90 Å². The fourth-order valence-corrected chi connectivity index (χ4v) is 2.37. The Hall–Kier alpha value is -2.20. The van der Waals surface area contributed by atoms with E-state index < -0.39 is 0 Å². The number of nitrogens with zero attached hydrogens (tertiary/aromatic N) is 2. The molecule has 4 nitrogen and oxygen atoms in total. The van der Waals surface area contributed by atoms with Crippen molar-refractivity contribution >= 4 is 22.6 Å². The SMILES string of the molecule is CCN(C)C.CCN1C(=O)c2cccc3cccc(c23)C1=O. The zero-order valence-corrected chi connectivity index (χ0v) is 13.6. The van der Waals surface area contributed by atoms with Crippen LogP contribution in [0.2, 0.25) is 0 Å². The number of hydrogen-bond acceptors (Lipinski definition) is 3. The van der Waals surface area contributed by atoms with Crippen molar-refractivity contribution in [1.29, 1.82) is 0 Å². The molecule has 22 heavy (non-hydrogen) atoms. The van der Waals surface area contributed by atoms with Gasteiger partial charge in [-0.15, -0.1) is 0 Å². The number of carbonyl (C=O) groups excluding carboxylic acids is 2. The maximum absolute atomic E-state index is 12.1. The summed E-state index contributed by atoms with van der Waals surface area (Å²) in [5.41, 5.74) is 1.25. The van der Waals surface area contributed by atoms with Crippen molar-refractivity contribution in [2.75, 3.05) is 27.2 Å². The molecular formula is C18H22N2O2. The lowest BCUT2D eigenvalue weighted by molar-refractivity contribution is 0.0619. The average molecular weight is 298 g/mol. The predicted octanol–water partition coefficient (Wildman–Crippen LogP) is 3.02. The van der Waals surface area contributed by atoms with E-state index >= 15 is 0 Å². The minimum atomic E-state index is -0.193. The summed E-state index contributed by atoms with van der Waals surface area (Å²) in [6.07, 6.45) is 0. The summed E-state index contributed by atoms with van der Waals surface area (Å²) in [4.78, 5) is 27.7. The van der Waals surface area contributed by atoms with Crippen LogP contribution in [-0.4, -0.2) is 48.8 Å². The van der Waals surface area contributed by atoms with Crippen LogP contribution in [0.3, 0.4) is 0 Å². The van der Waals surface area contributed by atoms with Crippen molar-refractivity contribution in [2.24, 2.45) is 0 Å². The van der Waals surface area contributed by atoms with Gasteiger partial charge in [0.1, 0.15) is 0 Å². The molecule has 0 atom stereocenters. The molecule has 0 unspecified atom stereocenters. The second-order valence-corrected chi connectivity index (χ2v) is 5.46. The Labute approximate surface area is 131 Å². The van der Waals surface area contributed by atoms with Crippen LogP contribution >= 0.6 is 0 Å². The summed E-state index contributed by atoms with van der Waals surface area (Å²) < 4.78 is 0. The highest BCUT2D eigenvalue weighted by Crippen LogP contribution is 2.29. The minimum Gasteiger partial charge on any atom is -0.310 e. The lowest BCUT2D eigenvalue weighted by Gasteiger charge is -2.25. The number of hydrogen-bond donors (Lipinski definition) is 0. The van der Waals surface area contributed by atoms with Crippen LogP contribution < -0.4 is 0 Å². The van der Waals surface area contributed by atoms with Crippen LogP contribution in [0.25, 0.3) is 10.8 Å². The molecule has 0 aliphatic carbocycles. The largest absolute Gasteiger partial charge is 0.310 e. The Morgan fingerprint density at radius 3 is 1.73 bits per heavy atom. The molecule has 0 N–H and O–H groups in total. The van der Waals surface area contributed by atoms with Crippen molar-refractivity contribution < 1.29 is 9.59 Å². The van der Waals surface area contributed by atoms with Gasteiger partial charge in [0.2, 0.25) is 0 Å². The van der Waals surface area contributed by atoms with E-state index in [4.69, 9.17) is 0 Å². The second kappa shape index (κ2) is 6.71. The first kappa shape index (κ1) is 16.2. The van der Waals surface area contributed by atoms with Crippen molar-refractivity contribution in [3.63, 3.8) is 0 Å². The van der Waals surface area contributed by atoms with Gasteiger partial charge in [-0.2, -0.15) is 0 Å². The highest BCUT2D eigenvalue weighted by atomic mass is 16.2. The molecule has 0 bridgehead atoms. The molecule has 0 spiro atoms. The van der Waals surface area contributed by atoms with Crippen LogP contribution in [0.15, 0.2) is 36.4 Å². The maximum Gasteiger partial charge on any atom is 0.261 e. The van der Waals surface area contributed by atoms with Gasteiger partial charge >= 0.3 is 0 Å². The fraction of sp³-hybridized carbons (Fsp3) is 0.333. The van der Waals surface area contributed by atoms with Crippen LogP contribution in [0.4, 0.5) is 0 Å². The van der Waals surface area contributed by atoms with Gasteiger partial charge in [0.05, 0.1) is 0 Å². The molecule has 1 heterocycles. The molecule has 1 aliphatic rings. The lowest BCUT2D eigenvalue weighted by atomic mass is 9.94. The summed E-state index contributed by atoms with van der Waals surface area (Å²) >= 11 is 0. The van der Waals surface area contributed by atoms with Crippen LogP contribution in [0, 0.1) is 0 Å². The van der Waals surface area contributed by atoms with E-state index in [0.29, 0.717) is 17.7 Å². The van der Waals surface area contributed by atoms with Gasteiger partial charge in [-0.25, -0.2) is 0 Å². The van der Waals surface area contributed by atoms with Crippen molar-refractivity contribution in [2.45, 2.75) is 13.8 Å². The number of imide groups is 1. The molecule has 1 aliphatic heterocycles. The van der Waals surface area contributed by atoms with E-state index in [0.717, 1.165) is 17.3 Å². The van der Waals surface area contributed by atoms with Crippen molar-refractivity contribution in [3.8, 4) is 0 Å². The van der Waals surface area contributed by atoms with Gasteiger partial charge in [-0.05, 0) is 45.1 Å². The molecule has 0 saturated heterocycles. The fourth-order valence-electron chi connectivity index (χ4n) is 2.37. The Bertz CT molecular complexity index is 657. The first-order chi connectivity index (χ1) is 10.5. The van der Waals surface area contributed by atoms with E-state index in [2.05, 4.69) is 25.9 Å². The maximum atomic E-state index is 12.1. The molecule has 0 fully saturated rings. The Balaban J connectivity index is 0.000000309. The summed E-state index contributed by atoms with van der Waals surface area (Å²) in [7, 11) is 4.11. The third-order valence-corrected chi connectivity index (χ3v) is 3.80. The first-order valence-electron chi connectivity index (χ1n) is 7.53. The molecule has 2 aromatic rings. The molecule has 4 heteroatoms. The molecular weight excluding hydrogens is 276 g/mol. The van der Waals surface area contributed by atoms with Gasteiger partial charge in [0, 0.05) is 23.1 Å². The van der Waals surface area contributed by atoms with E-state index in [-0.39, 0.29) is 11.8 Å². The van der Waals surface area contributed by atoms with Gasteiger partial charge in [-0.1, -0.05) is 31.2 Å². The quantitative estimate of drug-likeness (QED) is 0.800. The standard InChI is InChI=1S/C14H11NO2.C4H11N/c1-2-15-13(16)10-7-3-5-9-6-4-8-11(12(9)10)14(15)17;1-4-5(2)3/h3-8H,2H2,1H3;4H2,1-3H3. The smallest absolute Gasteiger partial charge is 0.261 e. The topological polar surface area (TPSA) is 40.6 Å². The van der Waals surface area contributed by atoms with Gasteiger partial charge in [0.15, 0.2) is 0 Å². The molecule has 0 saturated carbocycles. The Kier molecular flexibility index (Phi) is 4.93. The summed E-state index contributed by atoms with van der Waals surface area (Å²) in [6.45, 7) is 5.48. The van der Waals surface area contributed by atoms with E-state index in [1.54, 1.807) is 12.1 Å². The number of benzene rings is 2. The number of amides is 2. The van der Waals surface area contributed by atoms with E-state index in [1.165, 1.54) is 4.90 Å². The van der Waals surface area contributed by atoms with E-state index in [9.17, 15) is 9.59 Å². The predicted molar refractivity (Wildman–Crippen MR) is 89.2 cm³/mol. The minimum absolute atomic E-state index is 0.193.